The van der Waals surface area contributed by atoms with Gasteiger partial charge < -0.3 is 4.90 Å². The average molecular weight is 318 g/mol. The molecule has 0 aromatic heterocycles. The van der Waals surface area contributed by atoms with Crippen LogP contribution in [0.15, 0.2) is 59.6 Å². The van der Waals surface area contributed by atoms with Gasteiger partial charge in [0.25, 0.3) is 5.91 Å². The fraction of sp³-hybridized carbons (Fsp3) is 0.250. The molecule has 120 valence electrons. The number of carbonyl (C=O) groups is 2. The first kappa shape index (κ1) is 14.8. The van der Waals surface area contributed by atoms with Crippen LogP contribution in [0.1, 0.15) is 33.9 Å². The molecule has 2 aromatic carbocycles. The second-order valence-corrected chi connectivity index (χ2v) is 6.22. The van der Waals surface area contributed by atoms with Crippen LogP contribution in [0.3, 0.4) is 0 Å². The number of ketones is 1. The minimum absolute atomic E-state index is 0.0121. The molecule has 2 heterocycles. The van der Waals surface area contributed by atoms with E-state index in [0.29, 0.717) is 24.4 Å². The molecule has 0 bridgehead atoms. The highest BCUT2D eigenvalue weighted by Gasteiger charge is 2.36. The van der Waals surface area contributed by atoms with Gasteiger partial charge in [-0.15, -0.1) is 0 Å². The van der Waals surface area contributed by atoms with Crippen LogP contribution in [0.2, 0.25) is 0 Å². The lowest BCUT2D eigenvalue weighted by molar-refractivity contribution is -0.127. The summed E-state index contributed by atoms with van der Waals surface area (Å²) in [6, 6.07) is 17.3. The predicted octanol–water partition coefficient (Wildman–Crippen LogP) is 2.84. The Balaban J connectivity index is 1.57. The third-order valence-corrected chi connectivity index (χ3v) is 4.80. The van der Waals surface area contributed by atoms with E-state index in [0.717, 1.165) is 6.42 Å². The molecule has 4 nitrogen and oxygen atoms in total. The van der Waals surface area contributed by atoms with E-state index in [4.69, 9.17) is 0 Å². The Morgan fingerprint density at radius 2 is 1.83 bits per heavy atom. The van der Waals surface area contributed by atoms with Crippen LogP contribution < -0.4 is 0 Å². The number of hydrogen-bond donors (Lipinski definition) is 0. The predicted molar refractivity (Wildman–Crippen MR) is 92.3 cm³/mol. The smallest absolute Gasteiger partial charge is 0.268 e. The number of benzene rings is 2. The first-order valence-electron chi connectivity index (χ1n) is 8.24. The van der Waals surface area contributed by atoms with Crippen molar-refractivity contribution in [3.8, 4) is 0 Å². The van der Waals surface area contributed by atoms with Crippen LogP contribution >= 0.6 is 0 Å². The normalized spacial score (nSPS) is 19.3. The summed E-state index contributed by atoms with van der Waals surface area (Å²) in [5.74, 6) is -0.149. The molecule has 24 heavy (non-hydrogen) atoms. The van der Waals surface area contributed by atoms with Crippen molar-refractivity contribution in [3.63, 3.8) is 0 Å². The van der Waals surface area contributed by atoms with Crippen molar-refractivity contribution in [1.29, 1.82) is 0 Å². The number of nitrogens with zero attached hydrogens (tertiary/aromatic N) is 2. The van der Waals surface area contributed by atoms with Gasteiger partial charge in [0.15, 0.2) is 5.78 Å². The van der Waals surface area contributed by atoms with Gasteiger partial charge in [0, 0.05) is 12.1 Å². The first-order valence-corrected chi connectivity index (χ1v) is 8.24. The molecule has 0 aliphatic carbocycles. The highest BCUT2D eigenvalue weighted by molar-refractivity contribution is 6.43. The van der Waals surface area contributed by atoms with Crippen LogP contribution in [0.5, 0.6) is 0 Å². The third-order valence-electron chi connectivity index (χ3n) is 4.80. The SMILES string of the molecule is O=C(CC1=NC[C@@H]2c3ccccc3CCN2C1=O)c1ccccc1. The summed E-state index contributed by atoms with van der Waals surface area (Å²) in [6.07, 6.45) is 0.937. The molecule has 4 rings (SSSR count). The number of Topliss-reactive ketones (excluding diaryl/α,β-unsaturated/α-hetero) is 1. The van der Waals surface area contributed by atoms with Crippen molar-refractivity contribution in [2.75, 3.05) is 13.1 Å². The fourth-order valence-electron chi connectivity index (χ4n) is 3.53. The van der Waals surface area contributed by atoms with Gasteiger partial charge in [-0.3, -0.25) is 14.6 Å². The number of hydrogen-bond acceptors (Lipinski definition) is 3. The van der Waals surface area contributed by atoms with Crippen LogP contribution in [0.4, 0.5) is 0 Å². The molecule has 1 atom stereocenters. The van der Waals surface area contributed by atoms with Crippen molar-refractivity contribution in [2.24, 2.45) is 4.99 Å². The number of fused-ring (bicyclic) bond motifs is 3. The zero-order chi connectivity index (χ0) is 16.5. The van der Waals surface area contributed by atoms with Gasteiger partial charge in [-0.05, 0) is 17.5 Å². The van der Waals surface area contributed by atoms with Crippen LogP contribution in [-0.4, -0.2) is 35.4 Å². The molecule has 2 aromatic rings. The lowest BCUT2D eigenvalue weighted by Crippen LogP contribution is -2.48. The minimum Gasteiger partial charge on any atom is -0.328 e. The second-order valence-electron chi connectivity index (χ2n) is 6.22. The van der Waals surface area contributed by atoms with Crippen molar-refractivity contribution in [2.45, 2.75) is 18.9 Å². The Morgan fingerprint density at radius 3 is 2.67 bits per heavy atom. The molecular weight excluding hydrogens is 300 g/mol. The Hall–Kier alpha value is -2.75. The van der Waals surface area contributed by atoms with Crippen molar-refractivity contribution in [3.05, 3.63) is 71.3 Å². The molecule has 0 spiro atoms. The summed E-state index contributed by atoms with van der Waals surface area (Å²) < 4.78 is 0. The molecule has 0 N–H and O–H groups in total. The van der Waals surface area contributed by atoms with Gasteiger partial charge >= 0.3 is 0 Å². The van der Waals surface area contributed by atoms with Gasteiger partial charge in [0.05, 0.1) is 19.0 Å². The summed E-state index contributed by atoms with van der Waals surface area (Å²) in [5, 5.41) is 0. The highest BCUT2D eigenvalue weighted by atomic mass is 16.2. The van der Waals surface area contributed by atoms with E-state index < -0.39 is 0 Å². The Labute approximate surface area is 140 Å². The molecule has 4 heteroatoms. The maximum Gasteiger partial charge on any atom is 0.268 e. The van der Waals surface area contributed by atoms with Gasteiger partial charge in [-0.1, -0.05) is 54.6 Å². The van der Waals surface area contributed by atoms with Crippen LogP contribution in [-0.2, 0) is 11.2 Å². The zero-order valence-corrected chi connectivity index (χ0v) is 13.3. The first-order chi connectivity index (χ1) is 11.7. The van der Waals surface area contributed by atoms with Gasteiger partial charge in [-0.25, -0.2) is 0 Å². The van der Waals surface area contributed by atoms with E-state index in [-0.39, 0.29) is 24.2 Å². The maximum atomic E-state index is 12.8. The molecule has 2 aliphatic heterocycles. The number of amides is 1. The molecule has 0 radical (unpaired) electrons. The largest absolute Gasteiger partial charge is 0.328 e. The average Bonchev–Trinajstić information content (AvgIpc) is 2.64. The van der Waals surface area contributed by atoms with E-state index >= 15 is 0 Å². The maximum absolute atomic E-state index is 12.8. The summed E-state index contributed by atoms with van der Waals surface area (Å²) in [5.41, 5.74) is 3.50. The van der Waals surface area contributed by atoms with Crippen molar-refractivity contribution in [1.82, 2.24) is 4.90 Å². The molecule has 0 saturated heterocycles. The fourth-order valence-corrected chi connectivity index (χ4v) is 3.53. The van der Waals surface area contributed by atoms with Gasteiger partial charge in [0.2, 0.25) is 0 Å². The van der Waals surface area contributed by atoms with Crippen molar-refractivity contribution < 1.29 is 9.59 Å². The Kier molecular flexibility index (Phi) is 3.73. The van der Waals surface area contributed by atoms with E-state index in [1.165, 1.54) is 11.1 Å². The monoisotopic (exact) mass is 318 g/mol. The highest BCUT2D eigenvalue weighted by Crippen LogP contribution is 2.32. The molecule has 0 saturated carbocycles. The van der Waals surface area contributed by atoms with E-state index in [2.05, 4.69) is 17.1 Å². The summed E-state index contributed by atoms with van der Waals surface area (Å²) in [7, 11) is 0. The number of aliphatic imine (C=N–C) groups is 1. The minimum atomic E-state index is -0.0926. The van der Waals surface area contributed by atoms with E-state index in [1.807, 2.05) is 35.2 Å². The Bertz CT molecular complexity index is 827. The third kappa shape index (κ3) is 2.54. The summed E-state index contributed by atoms with van der Waals surface area (Å²) in [4.78, 5) is 31.5. The standard InChI is InChI=1S/C20H18N2O2/c23-19(15-7-2-1-3-8-15)12-17-20(24)22-11-10-14-6-4-5-9-16(14)18(22)13-21-17/h1-9,18H,10-13H2/t18-/m1/s1. The van der Waals surface area contributed by atoms with Crippen molar-refractivity contribution >= 4 is 17.4 Å². The van der Waals surface area contributed by atoms with E-state index in [9.17, 15) is 9.59 Å². The number of carbonyl (C=O) groups excluding carboxylic acids is 2. The summed E-state index contributed by atoms with van der Waals surface area (Å²) >= 11 is 0. The van der Waals surface area contributed by atoms with Gasteiger partial charge in [-0.2, -0.15) is 0 Å². The van der Waals surface area contributed by atoms with Crippen LogP contribution in [0, 0.1) is 0 Å². The summed E-state index contributed by atoms with van der Waals surface area (Å²) in [6.45, 7) is 1.24. The Morgan fingerprint density at radius 1 is 1.08 bits per heavy atom. The lowest BCUT2D eigenvalue weighted by atomic mass is 9.90. The second kappa shape index (κ2) is 6.04. The molecule has 0 unspecified atom stereocenters. The number of rotatable bonds is 3. The lowest BCUT2D eigenvalue weighted by Gasteiger charge is -2.39. The molecule has 1 amide bonds. The van der Waals surface area contributed by atoms with Crippen LogP contribution in [0.25, 0.3) is 0 Å². The van der Waals surface area contributed by atoms with Gasteiger partial charge in [0.1, 0.15) is 5.71 Å². The molecular formula is C20H18N2O2. The topological polar surface area (TPSA) is 49.7 Å². The molecule has 2 aliphatic rings. The quantitative estimate of drug-likeness (QED) is 0.817. The molecule has 0 fully saturated rings. The zero-order valence-electron chi connectivity index (χ0n) is 13.3. The van der Waals surface area contributed by atoms with E-state index in [1.54, 1.807) is 12.1 Å².